The molecule has 194 valence electrons. The Balaban J connectivity index is 1.24. The third-order valence-electron chi connectivity index (χ3n) is 8.63. The predicted octanol–water partition coefficient (Wildman–Crippen LogP) is 1.60. The largest absolute Gasteiger partial charge is 0.487 e. The van der Waals surface area contributed by atoms with E-state index in [9.17, 15) is 5.11 Å². The molecule has 0 saturated carbocycles. The highest BCUT2D eigenvalue weighted by atomic mass is 16.5. The Morgan fingerprint density at radius 1 is 1.25 bits per heavy atom. The monoisotopic (exact) mass is 496 g/mol. The zero-order chi connectivity index (χ0) is 24.9. The van der Waals surface area contributed by atoms with Crippen LogP contribution >= 0.6 is 0 Å². The van der Waals surface area contributed by atoms with E-state index < -0.39 is 0 Å². The average Bonchev–Trinajstić information content (AvgIpc) is 3.45. The maximum absolute atomic E-state index is 10.2. The average molecular weight is 497 g/mol. The fourth-order valence-electron chi connectivity index (χ4n) is 6.51. The normalized spacial score (nSPS) is 28.8. The quantitative estimate of drug-likeness (QED) is 0.632. The van der Waals surface area contributed by atoms with Crippen molar-refractivity contribution >= 4 is 11.6 Å². The van der Waals surface area contributed by atoms with E-state index in [1.165, 1.54) is 0 Å². The molecule has 0 bridgehead atoms. The number of anilines is 2. The van der Waals surface area contributed by atoms with E-state index in [1.807, 2.05) is 6.07 Å². The zero-order valence-electron chi connectivity index (χ0n) is 21.1. The minimum absolute atomic E-state index is 0.0335. The first-order valence-electron chi connectivity index (χ1n) is 13.0. The molecule has 4 aliphatic rings. The van der Waals surface area contributed by atoms with Crippen LogP contribution in [0.25, 0.3) is 11.3 Å². The van der Waals surface area contributed by atoms with Gasteiger partial charge in [-0.1, -0.05) is 0 Å². The Hall–Kier alpha value is -2.53. The van der Waals surface area contributed by atoms with Crippen molar-refractivity contribution in [1.29, 1.82) is 0 Å². The number of aliphatic hydroxyl groups excluding tert-OH is 1. The molecule has 1 spiro atoms. The molecule has 3 fully saturated rings. The van der Waals surface area contributed by atoms with Crippen LogP contribution in [0.15, 0.2) is 18.5 Å². The smallest absolute Gasteiger partial charge is 0.172 e. The lowest BCUT2D eigenvalue weighted by atomic mass is 9.73. The number of aromatic nitrogens is 3. The van der Waals surface area contributed by atoms with Crippen LogP contribution in [0.1, 0.15) is 31.9 Å². The van der Waals surface area contributed by atoms with E-state index in [-0.39, 0.29) is 24.2 Å². The summed E-state index contributed by atoms with van der Waals surface area (Å²) in [5.74, 6) is 2.80. The van der Waals surface area contributed by atoms with Gasteiger partial charge in [0.1, 0.15) is 12.3 Å². The van der Waals surface area contributed by atoms with Crippen molar-refractivity contribution in [2.45, 2.75) is 51.0 Å². The van der Waals surface area contributed by atoms with Crippen LogP contribution in [0.5, 0.6) is 5.75 Å². The molecule has 2 aromatic heterocycles. The van der Waals surface area contributed by atoms with Gasteiger partial charge in [-0.2, -0.15) is 0 Å². The molecule has 4 unspecified atom stereocenters. The fraction of sp³-hybridized carbons (Fsp3) is 0.654. The van der Waals surface area contributed by atoms with E-state index in [4.69, 9.17) is 29.9 Å². The summed E-state index contributed by atoms with van der Waals surface area (Å²) in [6.07, 6.45) is 6.61. The van der Waals surface area contributed by atoms with Crippen LogP contribution in [0.2, 0.25) is 0 Å². The zero-order valence-corrected chi connectivity index (χ0v) is 21.1. The molecule has 10 nitrogen and oxygen atoms in total. The van der Waals surface area contributed by atoms with E-state index >= 15 is 0 Å². The van der Waals surface area contributed by atoms with E-state index in [0.717, 1.165) is 75.1 Å². The number of hydrogen-bond donors (Lipinski definition) is 2. The molecule has 36 heavy (non-hydrogen) atoms. The highest BCUT2D eigenvalue weighted by Gasteiger charge is 2.48. The lowest BCUT2D eigenvalue weighted by Crippen LogP contribution is -2.51. The Morgan fingerprint density at radius 3 is 2.81 bits per heavy atom. The maximum Gasteiger partial charge on any atom is 0.172 e. The number of nitrogens with zero attached hydrogens (tertiary/aromatic N) is 5. The molecule has 2 aromatic rings. The number of piperidine rings is 1. The lowest BCUT2D eigenvalue weighted by Gasteiger charge is -2.41. The molecule has 3 saturated heterocycles. The molecule has 0 radical (unpaired) electrons. The number of nitrogens with two attached hydrogens (primary N) is 1. The third-order valence-corrected chi connectivity index (χ3v) is 8.63. The summed E-state index contributed by atoms with van der Waals surface area (Å²) in [5, 5.41) is 10.2. The van der Waals surface area contributed by atoms with Crippen LogP contribution < -0.4 is 20.3 Å². The maximum atomic E-state index is 10.2. The topological polar surface area (TPSA) is 119 Å². The van der Waals surface area contributed by atoms with Crippen LogP contribution in [0, 0.1) is 11.3 Å². The fourth-order valence-corrected chi connectivity index (χ4v) is 6.51. The number of aliphatic hydroxyl groups is 1. The summed E-state index contributed by atoms with van der Waals surface area (Å²) in [6.45, 7) is 6.49. The second kappa shape index (κ2) is 9.41. The molecule has 4 aliphatic heterocycles. The Kier molecular flexibility index (Phi) is 6.23. The van der Waals surface area contributed by atoms with Gasteiger partial charge < -0.3 is 34.9 Å². The number of fused-ring (bicyclic) bond motifs is 3. The van der Waals surface area contributed by atoms with E-state index in [2.05, 4.69) is 21.7 Å². The summed E-state index contributed by atoms with van der Waals surface area (Å²) in [5.41, 5.74) is 8.62. The molecule has 4 atom stereocenters. The third kappa shape index (κ3) is 3.91. The predicted molar refractivity (Wildman–Crippen MR) is 135 cm³/mol. The van der Waals surface area contributed by atoms with Crippen molar-refractivity contribution in [1.82, 2.24) is 15.0 Å². The number of pyridine rings is 1. The lowest BCUT2D eigenvalue weighted by molar-refractivity contribution is 0.0973. The van der Waals surface area contributed by atoms with Crippen LogP contribution in [-0.2, 0) is 16.1 Å². The minimum atomic E-state index is -0.182. The van der Waals surface area contributed by atoms with Crippen molar-refractivity contribution in [3.05, 3.63) is 24.2 Å². The highest BCUT2D eigenvalue weighted by Crippen LogP contribution is 2.44. The van der Waals surface area contributed by atoms with Gasteiger partial charge in [0.15, 0.2) is 17.4 Å². The number of hydrogen-bond acceptors (Lipinski definition) is 10. The van der Waals surface area contributed by atoms with Gasteiger partial charge in [0.05, 0.1) is 43.9 Å². The Morgan fingerprint density at radius 2 is 2.08 bits per heavy atom. The van der Waals surface area contributed by atoms with Crippen LogP contribution in [-0.4, -0.2) is 84.8 Å². The van der Waals surface area contributed by atoms with Gasteiger partial charge in [-0.05, 0) is 32.3 Å². The van der Waals surface area contributed by atoms with Gasteiger partial charge in [-0.15, -0.1) is 0 Å². The van der Waals surface area contributed by atoms with Gasteiger partial charge in [0, 0.05) is 55.9 Å². The molecule has 0 aliphatic carbocycles. The second-order valence-electron chi connectivity index (χ2n) is 10.8. The number of ether oxygens (including phenoxy) is 3. The highest BCUT2D eigenvalue weighted by molar-refractivity contribution is 5.75. The number of rotatable bonds is 5. The molecule has 0 amide bonds. The van der Waals surface area contributed by atoms with Crippen molar-refractivity contribution in [2.75, 3.05) is 56.4 Å². The van der Waals surface area contributed by atoms with E-state index in [0.29, 0.717) is 30.0 Å². The molecular weight excluding hydrogens is 460 g/mol. The minimum Gasteiger partial charge on any atom is -0.487 e. The van der Waals surface area contributed by atoms with Crippen molar-refractivity contribution in [3.63, 3.8) is 0 Å². The van der Waals surface area contributed by atoms with Crippen LogP contribution in [0.3, 0.4) is 0 Å². The van der Waals surface area contributed by atoms with Gasteiger partial charge in [-0.25, -0.2) is 15.0 Å². The van der Waals surface area contributed by atoms with Crippen molar-refractivity contribution in [2.24, 2.45) is 17.1 Å². The molecule has 0 aromatic carbocycles. The number of methoxy groups -OCH3 is 1. The molecule has 6 rings (SSSR count). The first-order valence-corrected chi connectivity index (χ1v) is 13.0. The SMILES string of the molecule is COCC1CC2COc3c(-c4cnc(N5CCC6(CC5)COC(C)C6N)c(CO)n4)ccnc3N2C1. The Bertz CT molecular complexity index is 1110. The summed E-state index contributed by atoms with van der Waals surface area (Å²) in [4.78, 5) is 18.8. The van der Waals surface area contributed by atoms with Crippen LogP contribution in [0.4, 0.5) is 11.6 Å². The summed E-state index contributed by atoms with van der Waals surface area (Å²) in [6, 6.07) is 2.29. The summed E-state index contributed by atoms with van der Waals surface area (Å²) in [7, 11) is 1.75. The van der Waals surface area contributed by atoms with Gasteiger partial charge in [0.2, 0.25) is 0 Å². The summed E-state index contributed by atoms with van der Waals surface area (Å²) < 4.78 is 17.5. The van der Waals surface area contributed by atoms with E-state index in [1.54, 1.807) is 19.5 Å². The molecule has 6 heterocycles. The molecule has 10 heteroatoms. The van der Waals surface area contributed by atoms with Gasteiger partial charge >= 0.3 is 0 Å². The summed E-state index contributed by atoms with van der Waals surface area (Å²) >= 11 is 0. The Labute approximate surface area is 211 Å². The van der Waals surface area contributed by atoms with Gasteiger partial charge in [0.25, 0.3) is 0 Å². The van der Waals surface area contributed by atoms with Gasteiger partial charge in [-0.3, -0.25) is 0 Å². The first-order chi connectivity index (χ1) is 17.5. The molecular formula is C26H36N6O4. The van der Waals surface area contributed by atoms with Crippen molar-refractivity contribution in [3.8, 4) is 17.0 Å². The first kappa shape index (κ1) is 23.8. The second-order valence-corrected chi connectivity index (χ2v) is 10.8. The standard InChI is InChI=1S/C26H36N6O4/c1-16-23(27)26(15-36-16)4-7-31(8-5-26)24-21(12-33)30-20(10-29-24)19-3-6-28-25-22(19)35-14-18-9-17(13-34-2)11-32(18)25/h3,6,10,16-18,23,33H,4-5,7-9,11-15,27H2,1-2H3. The molecule has 3 N–H and O–H groups in total. The van der Waals surface area contributed by atoms with Crippen molar-refractivity contribution < 1.29 is 19.3 Å².